The Balaban J connectivity index is 1.96. The van der Waals surface area contributed by atoms with Gasteiger partial charge in [-0.3, -0.25) is 4.79 Å². The largest absolute Gasteiger partial charge is 0.368 e. The number of carbonyl (C=O) groups excluding carboxylic acids is 1. The van der Waals surface area contributed by atoms with Crippen molar-refractivity contribution in [3.8, 4) is 0 Å². The molecule has 1 amide bonds. The molecule has 1 saturated heterocycles. The van der Waals surface area contributed by atoms with Crippen LogP contribution in [0.2, 0.25) is 5.02 Å². The Kier molecular flexibility index (Phi) is 4.01. The van der Waals surface area contributed by atoms with Gasteiger partial charge in [0.1, 0.15) is 0 Å². The summed E-state index contributed by atoms with van der Waals surface area (Å²) in [5.41, 5.74) is 0.951. The van der Waals surface area contributed by atoms with Crippen LogP contribution in [-0.2, 0) is 4.79 Å². The summed E-state index contributed by atoms with van der Waals surface area (Å²) >= 11 is 5.89. The number of piperazine rings is 1. The van der Waals surface area contributed by atoms with Crippen molar-refractivity contribution in [2.45, 2.75) is 6.43 Å². The van der Waals surface area contributed by atoms with Gasteiger partial charge in [0.2, 0.25) is 0 Å². The van der Waals surface area contributed by atoms with Gasteiger partial charge in [0.25, 0.3) is 5.91 Å². The molecule has 0 radical (unpaired) electrons. The smallest absolute Gasteiger partial charge is 0.315 e. The molecule has 6 heteroatoms. The van der Waals surface area contributed by atoms with Gasteiger partial charge in [-0.2, -0.15) is 8.78 Å². The molecule has 1 fully saturated rings. The number of alkyl halides is 2. The molecule has 0 atom stereocenters. The quantitative estimate of drug-likeness (QED) is 0.826. The molecule has 1 aromatic carbocycles. The highest BCUT2D eigenvalue weighted by Gasteiger charge is 2.26. The number of halogens is 3. The van der Waals surface area contributed by atoms with Crippen molar-refractivity contribution in [3.05, 3.63) is 29.3 Å². The molecular formula is C12H13ClF2N2O. The second kappa shape index (κ2) is 5.52. The lowest BCUT2D eigenvalue weighted by atomic mass is 10.2. The zero-order valence-corrected chi connectivity index (χ0v) is 10.4. The van der Waals surface area contributed by atoms with E-state index >= 15 is 0 Å². The maximum atomic E-state index is 12.3. The Morgan fingerprint density at radius 3 is 2.44 bits per heavy atom. The van der Waals surface area contributed by atoms with Gasteiger partial charge in [-0.25, -0.2) is 0 Å². The Hall–Kier alpha value is -1.36. The number of rotatable bonds is 2. The summed E-state index contributed by atoms with van der Waals surface area (Å²) in [6.45, 7) is 1.71. The number of anilines is 1. The highest BCUT2D eigenvalue weighted by molar-refractivity contribution is 6.30. The highest BCUT2D eigenvalue weighted by atomic mass is 35.5. The van der Waals surface area contributed by atoms with E-state index in [-0.39, 0.29) is 0 Å². The van der Waals surface area contributed by atoms with Crippen molar-refractivity contribution in [1.82, 2.24) is 4.90 Å². The monoisotopic (exact) mass is 274 g/mol. The van der Waals surface area contributed by atoms with Gasteiger partial charge >= 0.3 is 6.43 Å². The van der Waals surface area contributed by atoms with E-state index in [0.717, 1.165) is 5.69 Å². The predicted molar refractivity (Wildman–Crippen MR) is 66.2 cm³/mol. The van der Waals surface area contributed by atoms with Gasteiger partial charge < -0.3 is 9.80 Å². The maximum absolute atomic E-state index is 12.3. The van der Waals surface area contributed by atoms with Gasteiger partial charge in [-0.15, -0.1) is 0 Å². The van der Waals surface area contributed by atoms with E-state index in [1.54, 1.807) is 6.07 Å². The molecule has 0 N–H and O–H groups in total. The second-order valence-electron chi connectivity index (χ2n) is 4.09. The molecule has 3 nitrogen and oxygen atoms in total. The van der Waals surface area contributed by atoms with Crippen LogP contribution in [0.4, 0.5) is 14.5 Å². The molecule has 1 aliphatic rings. The minimum absolute atomic E-state index is 0.315. The molecule has 2 rings (SSSR count). The van der Waals surface area contributed by atoms with Crippen molar-refractivity contribution in [2.75, 3.05) is 31.1 Å². The minimum Gasteiger partial charge on any atom is -0.368 e. The van der Waals surface area contributed by atoms with Crippen molar-refractivity contribution >= 4 is 23.2 Å². The number of benzene rings is 1. The summed E-state index contributed by atoms with van der Waals surface area (Å²) in [7, 11) is 0. The van der Waals surface area contributed by atoms with Gasteiger partial charge in [-0.1, -0.05) is 17.7 Å². The number of amides is 1. The van der Waals surface area contributed by atoms with Gasteiger partial charge in [0.15, 0.2) is 0 Å². The lowest BCUT2D eigenvalue weighted by Gasteiger charge is -2.36. The Morgan fingerprint density at radius 2 is 1.89 bits per heavy atom. The first-order valence-electron chi connectivity index (χ1n) is 5.65. The van der Waals surface area contributed by atoms with Crippen LogP contribution in [0.5, 0.6) is 0 Å². The van der Waals surface area contributed by atoms with E-state index < -0.39 is 12.3 Å². The van der Waals surface area contributed by atoms with Crippen molar-refractivity contribution in [1.29, 1.82) is 0 Å². The average Bonchev–Trinajstić information content (AvgIpc) is 2.38. The second-order valence-corrected chi connectivity index (χ2v) is 4.53. The maximum Gasteiger partial charge on any atom is 0.315 e. The summed E-state index contributed by atoms with van der Waals surface area (Å²) < 4.78 is 24.5. The van der Waals surface area contributed by atoms with E-state index in [4.69, 9.17) is 11.6 Å². The van der Waals surface area contributed by atoms with Crippen LogP contribution in [0.1, 0.15) is 0 Å². The Morgan fingerprint density at radius 1 is 1.22 bits per heavy atom. The Bertz CT molecular complexity index is 434. The van der Waals surface area contributed by atoms with Gasteiger partial charge in [-0.05, 0) is 18.2 Å². The summed E-state index contributed by atoms with van der Waals surface area (Å²) in [5, 5.41) is 0.638. The third kappa shape index (κ3) is 2.90. The molecular weight excluding hydrogens is 262 g/mol. The topological polar surface area (TPSA) is 23.6 Å². The van der Waals surface area contributed by atoms with Crippen molar-refractivity contribution in [3.63, 3.8) is 0 Å². The molecule has 0 aromatic heterocycles. The number of hydrogen-bond acceptors (Lipinski definition) is 2. The first-order valence-corrected chi connectivity index (χ1v) is 6.03. The Labute approximate surface area is 109 Å². The third-order valence-corrected chi connectivity index (χ3v) is 3.19. The molecule has 0 bridgehead atoms. The normalized spacial score (nSPS) is 16.2. The summed E-state index contributed by atoms with van der Waals surface area (Å²) in [4.78, 5) is 14.4. The van der Waals surface area contributed by atoms with Crippen LogP contribution >= 0.6 is 11.6 Å². The van der Waals surface area contributed by atoms with Crippen LogP contribution in [-0.4, -0.2) is 43.4 Å². The van der Waals surface area contributed by atoms with Gasteiger partial charge in [0, 0.05) is 36.9 Å². The standard InChI is InChI=1S/C12H13ClF2N2O/c13-9-2-1-3-10(8-9)16-4-6-17(7-5-16)12(18)11(14)15/h1-3,8,11H,4-7H2. The molecule has 0 aliphatic carbocycles. The molecule has 1 aliphatic heterocycles. The number of carbonyl (C=O) groups is 1. The van der Waals surface area contributed by atoms with Crippen LogP contribution in [0.3, 0.4) is 0 Å². The highest BCUT2D eigenvalue weighted by Crippen LogP contribution is 2.21. The van der Waals surface area contributed by atoms with Crippen LogP contribution in [0.15, 0.2) is 24.3 Å². The zero-order chi connectivity index (χ0) is 13.1. The summed E-state index contributed by atoms with van der Waals surface area (Å²) in [6.07, 6.45) is -2.91. The van der Waals surface area contributed by atoms with Crippen LogP contribution in [0, 0.1) is 0 Å². The van der Waals surface area contributed by atoms with E-state index in [1.165, 1.54) is 4.90 Å². The first-order chi connectivity index (χ1) is 8.58. The molecule has 0 unspecified atom stereocenters. The minimum atomic E-state index is -2.91. The molecule has 1 heterocycles. The first kappa shape index (κ1) is 13.1. The van der Waals surface area contributed by atoms with Crippen molar-refractivity contribution in [2.24, 2.45) is 0 Å². The number of nitrogens with zero attached hydrogens (tertiary/aromatic N) is 2. The summed E-state index contributed by atoms with van der Waals surface area (Å²) in [6, 6.07) is 7.36. The van der Waals surface area contributed by atoms with Crippen molar-refractivity contribution < 1.29 is 13.6 Å². The molecule has 18 heavy (non-hydrogen) atoms. The van der Waals surface area contributed by atoms with Gasteiger partial charge in [0.05, 0.1) is 0 Å². The molecule has 0 saturated carbocycles. The van der Waals surface area contributed by atoms with Crippen LogP contribution in [0.25, 0.3) is 0 Å². The van der Waals surface area contributed by atoms with Crippen LogP contribution < -0.4 is 4.90 Å². The molecule has 0 spiro atoms. The lowest BCUT2D eigenvalue weighted by molar-refractivity contribution is -0.143. The van der Waals surface area contributed by atoms with E-state index in [1.807, 2.05) is 23.1 Å². The fraction of sp³-hybridized carbons (Fsp3) is 0.417. The van der Waals surface area contributed by atoms with E-state index in [0.29, 0.717) is 31.2 Å². The predicted octanol–water partition coefficient (Wildman–Crippen LogP) is 2.25. The SMILES string of the molecule is O=C(C(F)F)N1CCN(c2cccc(Cl)c2)CC1. The molecule has 1 aromatic rings. The van der Waals surface area contributed by atoms with E-state index in [9.17, 15) is 13.6 Å². The fourth-order valence-electron chi connectivity index (χ4n) is 2.00. The lowest BCUT2D eigenvalue weighted by Crippen LogP contribution is -2.50. The zero-order valence-electron chi connectivity index (χ0n) is 9.65. The number of hydrogen-bond donors (Lipinski definition) is 0. The third-order valence-electron chi connectivity index (χ3n) is 2.95. The fourth-order valence-corrected chi connectivity index (χ4v) is 2.18. The summed E-state index contributed by atoms with van der Waals surface area (Å²) in [5.74, 6) is -1.08. The van der Waals surface area contributed by atoms with E-state index in [2.05, 4.69) is 0 Å². The molecule has 98 valence electrons. The average molecular weight is 275 g/mol.